The largest absolute Gasteiger partial charge is 0.497 e. The van der Waals surface area contributed by atoms with Crippen LogP contribution in [0.3, 0.4) is 0 Å². The topological polar surface area (TPSA) is 35.5 Å². The van der Waals surface area contributed by atoms with Crippen molar-refractivity contribution in [1.29, 1.82) is 0 Å². The van der Waals surface area contributed by atoms with E-state index in [1.807, 2.05) is 50.2 Å². The van der Waals surface area contributed by atoms with Crippen molar-refractivity contribution in [2.24, 2.45) is 5.92 Å². The van der Waals surface area contributed by atoms with E-state index in [2.05, 4.69) is 12.1 Å². The van der Waals surface area contributed by atoms with Crippen molar-refractivity contribution in [2.45, 2.75) is 26.2 Å². The fourth-order valence-electron chi connectivity index (χ4n) is 2.64. The molecular weight excluding hydrogens is 288 g/mol. The summed E-state index contributed by atoms with van der Waals surface area (Å²) in [6, 6.07) is 15.9. The molecule has 122 valence electrons. The highest BCUT2D eigenvalue weighted by molar-refractivity contribution is 5.81. The van der Waals surface area contributed by atoms with Crippen LogP contribution in [0.4, 0.5) is 0 Å². The average molecular weight is 312 g/mol. The van der Waals surface area contributed by atoms with Crippen molar-refractivity contribution in [3.05, 3.63) is 59.7 Å². The highest BCUT2D eigenvalue weighted by Gasteiger charge is 2.23. The zero-order chi connectivity index (χ0) is 16.8. The van der Waals surface area contributed by atoms with Gasteiger partial charge in [0.2, 0.25) is 0 Å². The summed E-state index contributed by atoms with van der Waals surface area (Å²) < 4.78 is 10.8. The lowest BCUT2D eigenvalue weighted by Crippen LogP contribution is -2.14. The maximum absolute atomic E-state index is 12.4. The number of ether oxygens (including phenoxy) is 2. The molecule has 0 aliphatic rings. The minimum absolute atomic E-state index is 0.0189. The first-order chi connectivity index (χ1) is 11.1. The Kier molecular flexibility index (Phi) is 5.80. The summed E-state index contributed by atoms with van der Waals surface area (Å²) in [6.07, 6.45) is 0.463. The Balaban J connectivity index is 2.47. The number of methoxy groups -OCH3 is 2. The quantitative estimate of drug-likeness (QED) is 0.757. The van der Waals surface area contributed by atoms with E-state index in [1.165, 1.54) is 0 Å². The van der Waals surface area contributed by atoms with Crippen LogP contribution >= 0.6 is 0 Å². The molecule has 0 bridgehead atoms. The molecule has 0 aromatic heterocycles. The summed E-state index contributed by atoms with van der Waals surface area (Å²) in [5.74, 6) is 1.73. The van der Waals surface area contributed by atoms with E-state index in [0.717, 1.165) is 22.6 Å². The van der Waals surface area contributed by atoms with Crippen LogP contribution in [0.25, 0.3) is 0 Å². The van der Waals surface area contributed by atoms with Crippen LogP contribution in [-0.2, 0) is 4.79 Å². The minimum atomic E-state index is -0.0213. The molecule has 0 N–H and O–H groups in total. The summed E-state index contributed by atoms with van der Waals surface area (Å²) in [4.78, 5) is 12.4. The number of hydrogen-bond acceptors (Lipinski definition) is 3. The predicted molar refractivity (Wildman–Crippen MR) is 92.3 cm³/mol. The van der Waals surface area contributed by atoms with Gasteiger partial charge in [-0.1, -0.05) is 50.2 Å². The fourth-order valence-corrected chi connectivity index (χ4v) is 2.64. The van der Waals surface area contributed by atoms with Crippen LogP contribution in [-0.4, -0.2) is 20.0 Å². The molecule has 3 nitrogen and oxygen atoms in total. The zero-order valence-corrected chi connectivity index (χ0v) is 14.2. The van der Waals surface area contributed by atoms with Gasteiger partial charge in [0.25, 0.3) is 0 Å². The third-order valence-corrected chi connectivity index (χ3v) is 4.07. The van der Waals surface area contributed by atoms with Crippen molar-refractivity contribution in [1.82, 2.24) is 0 Å². The zero-order valence-electron chi connectivity index (χ0n) is 14.2. The Morgan fingerprint density at radius 3 is 2.26 bits per heavy atom. The monoisotopic (exact) mass is 312 g/mol. The summed E-state index contributed by atoms with van der Waals surface area (Å²) in [5.41, 5.74) is 2.12. The van der Waals surface area contributed by atoms with E-state index >= 15 is 0 Å². The van der Waals surface area contributed by atoms with Gasteiger partial charge in [0.15, 0.2) is 0 Å². The molecule has 0 fully saturated rings. The SMILES string of the molecule is COc1ccc(C(CC(=O)C(C)C)c2ccccc2)c(OC)c1. The molecule has 2 aromatic rings. The van der Waals surface area contributed by atoms with Gasteiger partial charge in [0.1, 0.15) is 17.3 Å². The number of benzene rings is 2. The van der Waals surface area contributed by atoms with Gasteiger partial charge >= 0.3 is 0 Å². The maximum Gasteiger partial charge on any atom is 0.136 e. The Morgan fingerprint density at radius 1 is 1.00 bits per heavy atom. The minimum Gasteiger partial charge on any atom is -0.497 e. The molecule has 1 atom stereocenters. The third-order valence-electron chi connectivity index (χ3n) is 4.07. The Hall–Kier alpha value is -2.29. The van der Waals surface area contributed by atoms with Gasteiger partial charge in [-0.25, -0.2) is 0 Å². The molecule has 1 unspecified atom stereocenters. The first kappa shape index (κ1) is 17.1. The number of carbonyl (C=O) groups excluding carboxylic acids is 1. The van der Waals surface area contributed by atoms with Crippen LogP contribution in [0.2, 0.25) is 0 Å². The molecule has 0 aliphatic carbocycles. The van der Waals surface area contributed by atoms with Gasteiger partial charge < -0.3 is 9.47 Å². The second-order valence-corrected chi connectivity index (χ2v) is 5.90. The fraction of sp³-hybridized carbons (Fsp3) is 0.350. The Labute approximate surface area is 138 Å². The van der Waals surface area contributed by atoms with Gasteiger partial charge in [-0.05, 0) is 11.6 Å². The van der Waals surface area contributed by atoms with Gasteiger partial charge in [0.05, 0.1) is 14.2 Å². The van der Waals surface area contributed by atoms with Crippen LogP contribution in [0.1, 0.15) is 37.3 Å². The molecule has 0 amide bonds. The van der Waals surface area contributed by atoms with E-state index < -0.39 is 0 Å². The molecule has 3 heteroatoms. The van der Waals surface area contributed by atoms with Gasteiger partial charge in [-0.2, -0.15) is 0 Å². The number of hydrogen-bond donors (Lipinski definition) is 0. The lowest BCUT2D eigenvalue weighted by atomic mass is 9.84. The second kappa shape index (κ2) is 7.82. The van der Waals surface area contributed by atoms with Gasteiger partial charge in [0, 0.05) is 29.9 Å². The lowest BCUT2D eigenvalue weighted by Gasteiger charge is -2.21. The first-order valence-corrected chi connectivity index (χ1v) is 7.86. The molecule has 0 spiro atoms. The van der Waals surface area contributed by atoms with Gasteiger partial charge in [-0.3, -0.25) is 4.79 Å². The van der Waals surface area contributed by atoms with Crippen molar-refractivity contribution in [3.63, 3.8) is 0 Å². The standard InChI is InChI=1S/C20H24O3/c1-14(2)19(21)13-18(15-8-6-5-7-9-15)17-11-10-16(22-3)12-20(17)23-4/h5-12,14,18H,13H2,1-4H3. The average Bonchev–Trinajstić information content (AvgIpc) is 2.59. The summed E-state index contributed by atoms with van der Waals surface area (Å²) in [5, 5.41) is 0. The van der Waals surface area contributed by atoms with Crippen LogP contribution in [0, 0.1) is 5.92 Å². The van der Waals surface area contributed by atoms with Gasteiger partial charge in [-0.15, -0.1) is 0 Å². The predicted octanol–water partition coefficient (Wildman–Crippen LogP) is 4.45. The normalized spacial score (nSPS) is 12.0. The molecule has 0 aliphatic heterocycles. The van der Waals surface area contributed by atoms with E-state index in [-0.39, 0.29) is 17.6 Å². The number of carbonyl (C=O) groups is 1. The highest BCUT2D eigenvalue weighted by Crippen LogP contribution is 2.37. The van der Waals surface area contributed by atoms with E-state index in [4.69, 9.17) is 9.47 Å². The van der Waals surface area contributed by atoms with Crippen LogP contribution < -0.4 is 9.47 Å². The number of ketones is 1. The lowest BCUT2D eigenvalue weighted by molar-refractivity contribution is -0.122. The molecule has 2 rings (SSSR count). The molecule has 2 aromatic carbocycles. The Bertz CT molecular complexity index is 647. The van der Waals surface area contributed by atoms with E-state index in [0.29, 0.717) is 6.42 Å². The second-order valence-electron chi connectivity index (χ2n) is 5.90. The van der Waals surface area contributed by atoms with Crippen LogP contribution in [0.15, 0.2) is 48.5 Å². The third kappa shape index (κ3) is 4.13. The molecule has 0 radical (unpaired) electrons. The van der Waals surface area contributed by atoms with Crippen molar-refractivity contribution in [3.8, 4) is 11.5 Å². The summed E-state index contributed by atoms with van der Waals surface area (Å²) >= 11 is 0. The molecule has 0 heterocycles. The van der Waals surface area contributed by atoms with Crippen LogP contribution in [0.5, 0.6) is 11.5 Å². The number of Topliss-reactive ketones (excluding diaryl/α,β-unsaturated/α-hetero) is 1. The smallest absolute Gasteiger partial charge is 0.136 e. The van der Waals surface area contributed by atoms with Crippen molar-refractivity contribution >= 4 is 5.78 Å². The summed E-state index contributed by atoms with van der Waals surface area (Å²) in [7, 11) is 3.27. The maximum atomic E-state index is 12.4. The van der Waals surface area contributed by atoms with E-state index in [1.54, 1.807) is 14.2 Å². The summed E-state index contributed by atoms with van der Waals surface area (Å²) in [6.45, 7) is 3.88. The Morgan fingerprint density at radius 2 is 1.70 bits per heavy atom. The highest BCUT2D eigenvalue weighted by atomic mass is 16.5. The van der Waals surface area contributed by atoms with Crippen molar-refractivity contribution in [2.75, 3.05) is 14.2 Å². The van der Waals surface area contributed by atoms with E-state index in [9.17, 15) is 4.79 Å². The molecule has 0 saturated carbocycles. The molecule has 23 heavy (non-hydrogen) atoms. The van der Waals surface area contributed by atoms with Crippen molar-refractivity contribution < 1.29 is 14.3 Å². The number of rotatable bonds is 7. The first-order valence-electron chi connectivity index (χ1n) is 7.86. The molecule has 0 saturated heterocycles. The molecular formula is C20H24O3.